The molecule has 7 heteroatoms. The first-order valence-corrected chi connectivity index (χ1v) is 7.24. The number of aryl methyl sites for hydroxylation is 2. The first-order valence-electron chi connectivity index (χ1n) is 6.45. The fraction of sp³-hybridized carbons (Fsp3) is 0.286. The van der Waals surface area contributed by atoms with Crippen LogP contribution in [0.2, 0.25) is 0 Å². The lowest BCUT2D eigenvalue weighted by molar-refractivity contribution is 0.391. The summed E-state index contributed by atoms with van der Waals surface area (Å²) in [5.74, 6) is 0.698. The van der Waals surface area contributed by atoms with Crippen molar-refractivity contribution in [3.63, 3.8) is 0 Å². The normalized spacial score (nSPS) is 13.0. The van der Waals surface area contributed by atoms with Crippen LogP contribution in [0, 0.1) is 19.7 Å². The van der Waals surface area contributed by atoms with E-state index in [1.165, 1.54) is 6.07 Å². The quantitative estimate of drug-likeness (QED) is 0.762. The number of hydrogen-bond acceptors (Lipinski definition) is 4. The van der Waals surface area contributed by atoms with Crippen LogP contribution >= 0.6 is 15.9 Å². The van der Waals surface area contributed by atoms with Gasteiger partial charge in [0.15, 0.2) is 0 Å². The Morgan fingerprint density at radius 3 is 2.71 bits per heavy atom. The summed E-state index contributed by atoms with van der Waals surface area (Å²) >= 11 is 3.16. The summed E-state index contributed by atoms with van der Waals surface area (Å²) in [6.45, 7) is 5.68. The van der Waals surface area contributed by atoms with E-state index in [-0.39, 0.29) is 11.9 Å². The minimum absolute atomic E-state index is 0.151. The molecule has 2 heterocycles. The summed E-state index contributed by atoms with van der Waals surface area (Å²) in [5, 5.41) is 3.96. The maximum atomic E-state index is 13.8. The molecule has 0 bridgehead atoms. The minimum atomic E-state index is -0.352. The lowest BCUT2D eigenvalue weighted by Gasteiger charge is -2.16. The Kier molecular flexibility index (Phi) is 3.24. The van der Waals surface area contributed by atoms with E-state index in [4.69, 9.17) is 10.3 Å². The zero-order chi connectivity index (χ0) is 15.3. The van der Waals surface area contributed by atoms with Gasteiger partial charge in [-0.15, -0.1) is 0 Å². The summed E-state index contributed by atoms with van der Waals surface area (Å²) in [6, 6.07) is 2.90. The van der Waals surface area contributed by atoms with Crippen molar-refractivity contribution in [1.82, 2.24) is 14.7 Å². The first kappa shape index (κ1) is 14.1. The average molecular weight is 353 g/mol. The second kappa shape index (κ2) is 4.84. The smallest absolute Gasteiger partial charge is 0.201 e. The van der Waals surface area contributed by atoms with E-state index >= 15 is 0 Å². The molecule has 5 nitrogen and oxygen atoms in total. The third-order valence-corrected chi connectivity index (χ3v) is 4.26. The van der Waals surface area contributed by atoms with Crippen LogP contribution in [0.3, 0.4) is 0 Å². The zero-order valence-electron chi connectivity index (χ0n) is 11.8. The summed E-state index contributed by atoms with van der Waals surface area (Å²) < 4.78 is 21.2. The van der Waals surface area contributed by atoms with Crippen LogP contribution < -0.4 is 5.73 Å². The Labute approximate surface area is 129 Å². The molecule has 0 fully saturated rings. The number of nitrogens with two attached hydrogens (primary N) is 1. The van der Waals surface area contributed by atoms with E-state index < -0.39 is 0 Å². The second-order valence-corrected chi connectivity index (χ2v) is 5.86. The van der Waals surface area contributed by atoms with Gasteiger partial charge in [-0.05, 0) is 42.8 Å². The Morgan fingerprint density at radius 2 is 2.10 bits per heavy atom. The molecule has 0 saturated heterocycles. The van der Waals surface area contributed by atoms with E-state index in [1.54, 1.807) is 10.6 Å². The van der Waals surface area contributed by atoms with Crippen LogP contribution in [0.15, 0.2) is 21.1 Å². The maximum absolute atomic E-state index is 13.8. The van der Waals surface area contributed by atoms with Gasteiger partial charge in [0, 0.05) is 11.6 Å². The third-order valence-electron chi connectivity index (χ3n) is 3.65. The van der Waals surface area contributed by atoms with Crippen molar-refractivity contribution in [3.8, 4) is 0 Å². The highest BCUT2D eigenvalue weighted by atomic mass is 79.9. The van der Waals surface area contributed by atoms with Gasteiger partial charge in [-0.25, -0.2) is 9.37 Å². The van der Waals surface area contributed by atoms with Gasteiger partial charge in [0.05, 0.1) is 27.2 Å². The van der Waals surface area contributed by atoms with Gasteiger partial charge < -0.3 is 14.8 Å². The first-order chi connectivity index (χ1) is 9.90. The number of aromatic nitrogens is 3. The number of imidazole rings is 1. The lowest BCUT2D eigenvalue weighted by atomic mass is 10.1. The molecule has 2 aromatic heterocycles. The van der Waals surface area contributed by atoms with E-state index in [0.717, 1.165) is 17.0 Å². The highest BCUT2D eigenvalue weighted by molar-refractivity contribution is 9.10. The number of anilines is 1. The standard InChI is InChI=1S/C14H14BrFN4O/c1-6-13(8(3)21-19-6)7(2)20-12-5-10(16)9(15)4-11(12)18-14(20)17/h4-5,7H,1-3H3,(H2,17,18). The second-order valence-electron chi connectivity index (χ2n) is 5.01. The van der Waals surface area contributed by atoms with Crippen LogP contribution in [0.4, 0.5) is 10.3 Å². The molecule has 0 aliphatic carbocycles. The van der Waals surface area contributed by atoms with E-state index in [2.05, 4.69) is 26.1 Å². The third kappa shape index (κ3) is 2.12. The van der Waals surface area contributed by atoms with Gasteiger partial charge >= 0.3 is 0 Å². The van der Waals surface area contributed by atoms with Gasteiger partial charge in [0.1, 0.15) is 11.6 Å². The Morgan fingerprint density at radius 1 is 1.38 bits per heavy atom. The highest BCUT2D eigenvalue weighted by Crippen LogP contribution is 2.32. The largest absolute Gasteiger partial charge is 0.369 e. The molecule has 1 unspecified atom stereocenters. The SMILES string of the molecule is Cc1noc(C)c1C(C)n1c(N)nc2cc(Br)c(F)cc21. The molecule has 0 aliphatic rings. The average Bonchev–Trinajstić information content (AvgIpc) is 2.89. The monoisotopic (exact) mass is 352 g/mol. The van der Waals surface area contributed by atoms with Gasteiger partial charge in [-0.1, -0.05) is 5.16 Å². The van der Waals surface area contributed by atoms with Crippen molar-refractivity contribution in [2.75, 3.05) is 5.73 Å². The maximum Gasteiger partial charge on any atom is 0.201 e. The van der Waals surface area contributed by atoms with Crippen LogP contribution in [-0.4, -0.2) is 14.7 Å². The number of nitrogens with zero attached hydrogens (tertiary/aromatic N) is 3. The predicted molar refractivity (Wildman–Crippen MR) is 81.6 cm³/mol. The zero-order valence-corrected chi connectivity index (χ0v) is 13.4. The Balaban J connectivity index is 2.25. The molecule has 1 aromatic carbocycles. The molecule has 110 valence electrons. The summed E-state index contributed by atoms with van der Waals surface area (Å²) in [5.41, 5.74) is 9.03. The summed E-state index contributed by atoms with van der Waals surface area (Å²) in [4.78, 5) is 4.30. The van der Waals surface area contributed by atoms with Crippen molar-refractivity contribution in [1.29, 1.82) is 0 Å². The number of rotatable bonds is 2. The lowest BCUT2D eigenvalue weighted by Crippen LogP contribution is -2.11. The molecule has 3 aromatic rings. The minimum Gasteiger partial charge on any atom is -0.369 e. The highest BCUT2D eigenvalue weighted by Gasteiger charge is 2.22. The molecule has 2 N–H and O–H groups in total. The fourth-order valence-electron chi connectivity index (χ4n) is 2.73. The van der Waals surface area contributed by atoms with Crippen molar-refractivity contribution in [3.05, 3.63) is 39.4 Å². The molecule has 0 amide bonds. The fourth-order valence-corrected chi connectivity index (χ4v) is 3.06. The number of nitrogen functional groups attached to an aromatic ring is 1. The molecule has 0 spiro atoms. The van der Waals surface area contributed by atoms with Gasteiger partial charge in [0.25, 0.3) is 0 Å². The van der Waals surface area contributed by atoms with Crippen LogP contribution in [0.5, 0.6) is 0 Å². The Hall–Kier alpha value is -1.89. The number of halogens is 2. The Bertz CT molecular complexity index is 820. The molecule has 0 aliphatic heterocycles. The molecule has 21 heavy (non-hydrogen) atoms. The van der Waals surface area contributed by atoms with Crippen LogP contribution in [-0.2, 0) is 0 Å². The number of benzene rings is 1. The van der Waals surface area contributed by atoms with Crippen molar-refractivity contribution in [2.24, 2.45) is 0 Å². The van der Waals surface area contributed by atoms with E-state index in [9.17, 15) is 4.39 Å². The van der Waals surface area contributed by atoms with Crippen molar-refractivity contribution >= 4 is 32.9 Å². The summed E-state index contributed by atoms with van der Waals surface area (Å²) in [7, 11) is 0. The predicted octanol–water partition coefficient (Wildman–Crippen LogP) is 3.73. The molecular formula is C14H14BrFN4O. The van der Waals surface area contributed by atoms with Gasteiger partial charge in [-0.3, -0.25) is 0 Å². The van der Waals surface area contributed by atoms with Crippen molar-refractivity contribution < 1.29 is 8.91 Å². The number of fused-ring (bicyclic) bond motifs is 1. The molecule has 0 saturated carbocycles. The van der Waals surface area contributed by atoms with E-state index in [0.29, 0.717) is 21.5 Å². The van der Waals surface area contributed by atoms with Crippen LogP contribution in [0.25, 0.3) is 11.0 Å². The molecule has 1 atom stereocenters. The van der Waals surface area contributed by atoms with Crippen LogP contribution in [0.1, 0.15) is 30.0 Å². The van der Waals surface area contributed by atoms with Crippen molar-refractivity contribution in [2.45, 2.75) is 26.8 Å². The topological polar surface area (TPSA) is 69.9 Å². The molecular weight excluding hydrogens is 339 g/mol. The van der Waals surface area contributed by atoms with E-state index in [1.807, 2.05) is 20.8 Å². The molecule has 0 radical (unpaired) electrons. The van der Waals surface area contributed by atoms with Gasteiger partial charge in [0.2, 0.25) is 5.95 Å². The van der Waals surface area contributed by atoms with Gasteiger partial charge in [-0.2, -0.15) is 0 Å². The summed E-state index contributed by atoms with van der Waals surface area (Å²) in [6.07, 6.45) is 0. The number of hydrogen-bond donors (Lipinski definition) is 1. The molecule has 3 rings (SSSR count).